The zero-order valence-corrected chi connectivity index (χ0v) is 19.2. The predicted octanol–water partition coefficient (Wildman–Crippen LogP) is 4.17. The van der Waals surface area contributed by atoms with Crippen LogP contribution < -0.4 is 15.5 Å². The number of aryl methyl sites for hydroxylation is 1. The maximum absolute atomic E-state index is 4.71. The van der Waals surface area contributed by atoms with Gasteiger partial charge in [0.1, 0.15) is 0 Å². The highest BCUT2D eigenvalue weighted by molar-refractivity contribution is 14.0. The number of nitrogens with one attached hydrogen (secondary N) is 2. The van der Waals surface area contributed by atoms with Gasteiger partial charge in [0.25, 0.3) is 0 Å². The molecular weight excluding hydrogens is 457 g/mol. The Morgan fingerprint density at radius 2 is 1.92 bits per heavy atom. The van der Waals surface area contributed by atoms with Crippen molar-refractivity contribution >= 4 is 46.4 Å². The Labute approximate surface area is 178 Å². The number of aromatic nitrogens is 1. The van der Waals surface area contributed by atoms with Gasteiger partial charge in [-0.15, -0.1) is 35.3 Å². The largest absolute Gasteiger partial charge is 0.356 e. The Morgan fingerprint density at radius 3 is 2.54 bits per heavy atom. The fraction of sp³-hybridized carbons (Fsp3) is 0.474. The third-order valence-corrected chi connectivity index (χ3v) is 4.78. The monoisotopic (exact) mass is 487 g/mol. The molecule has 0 aliphatic rings. The number of rotatable bonds is 8. The van der Waals surface area contributed by atoms with Crippen LogP contribution in [-0.4, -0.2) is 31.6 Å². The SMILES string of the molecule is CCCCNC(=NCc1ccc(C)cc1)NCc1csc(N(C)C)n1.I. The number of hydrogen-bond acceptors (Lipinski definition) is 4. The molecule has 5 nitrogen and oxygen atoms in total. The Hall–Kier alpha value is -1.35. The van der Waals surface area contributed by atoms with Crippen molar-refractivity contribution in [1.82, 2.24) is 15.6 Å². The molecule has 1 aromatic heterocycles. The van der Waals surface area contributed by atoms with E-state index in [1.165, 1.54) is 11.1 Å². The normalized spacial score (nSPS) is 11.0. The van der Waals surface area contributed by atoms with Gasteiger partial charge in [0, 0.05) is 26.0 Å². The minimum absolute atomic E-state index is 0. The summed E-state index contributed by atoms with van der Waals surface area (Å²) in [5, 5.41) is 9.91. The molecule has 0 saturated heterocycles. The number of guanidine groups is 1. The second-order valence-corrected chi connectivity index (χ2v) is 7.14. The van der Waals surface area contributed by atoms with Crippen molar-refractivity contribution < 1.29 is 0 Å². The predicted molar refractivity (Wildman–Crippen MR) is 124 cm³/mol. The molecule has 1 heterocycles. The lowest BCUT2D eigenvalue weighted by atomic mass is 10.1. The second kappa shape index (κ2) is 12.1. The first kappa shape index (κ1) is 22.7. The maximum atomic E-state index is 4.71. The zero-order chi connectivity index (χ0) is 18.1. The molecule has 144 valence electrons. The van der Waals surface area contributed by atoms with Crippen molar-refractivity contribution in [3.8, 4) is 0 Å². The molecule has 0 atom stereocenters. The first-order chi connectivity index (χ1) is 12.1. The van der Waals surface area contributed by atoms with E-state index >= 15 is 0 Å². The summed E-state index contributed by atoms with van der Waals surface area (Å²) in [6, 6.07) is 8.51. The summed E-state index contributed by atoms with van der Waals surface area (Å²) in [7, 11) is 4.02. The van der Waals surface area contributed by atoms with Gasteiger partial charge in [-0.25, -0.2) is 9.98 Å². The zero-order valence-electron chi connectivity index (χ0n) is 16.1. The van der Waals surface area contributed by atoms with Crippen LogP contribution in [-0.2, 0) is 13.1 Å². The van der Waals surface area contributed by atoms with Crippen molar-refractivity contribution in [3.05, 3.63) is 46.5 Å². The number of hydrogen-bond donors (Lipinski definition) is 2. The first-order valence-electron chi connectivity index (χ1n) is 8.78. The van der Waals surface area contributed by atoms with E-state index in [9.17, 15) is 0 Å². The van der Waals surface area contributed by atoms with Crippen molar-refractivity contribution in [2.45, 2.75) is 39.8 Å². The van der Waals surface area contributed by atoms with Crippen molar-refractivity contribution in [2.75, 3.05) is 25.5 Å². The smallest absolute Gasteiger partial charge is 0.191 e. The summed E-state index contributed by atoms with van der Waals surface area (Å²) in [5.74, 6) is 0.841. The fourth-order valence-electron chi connectivity index (χ4n) is 2.18. The Kier molecular flexibility index (Phi) is 10.6. The van der Waals surface area contributed by atoms with E-state index in [2.05, 4.69) is 59.1 Å². The molecule has 0 radical (unpaired) electrons. The molecule has 7 heteroatoms. The van der Waals surface area contributed by atoms with Gasteiger partial charge in [0.15, 0.2) is 11.1 Å². The van der Waals surface area contributed by atoms with Gasteiger partial charge in [-0.05, 0) is 18.9 Å². The van der Waals surface area contributed by atoms with Crippen molar-refractivity contribution in [2.24, 2.45) is 4.99 Å². The van der Waals surface area contributed by atoms with Crippen molar-refractivity contribution in [3.63, 3.8) is 0 Å². The number of anilines is 1. The molecule has 0 spiro atoms. The Bertz CT molecular complexity index is 667. The molecule has 2 aromatic rings. The number of nitrogens with zero attached hydrogens (tertiary/aromatic N) is 3. The third kappa shape index (κ3) is 7.90. The van der Waals surface area contributed by atoms with Gasteiger partial charge in [0.2, 0.25) is 0 Å². The molecule has 0 fully saturated rings. The van der Waals surface area contributed by atoms with E-state index in [0.29, 0.717) is 13.1 Å². The van der Waals surface area contributed by atoms with E-state index < -0.39 is 0 Å². The van der Waals surface area contributed by atoms with Gasteiger partial charge < -0.3 is 15.5 Å². The van der Waals surface area contributed by atoms with Gasteiger partial charge in [0.05, 0.1) is 18.8 Å². The molecular formula is C19H30IN5S. The molecule has 0 aliphatic carbocycles. The van der Waals surface area contributed by atoms with Crippen LogP contribution in [0.1, 0.15) is 36.6 Å². The molecule has 0 aliphatic heterocycles. The van der Waals surface area contributed by atoms with Gasteiger partial charge in [-0.3, -0.25) is 0 Å². The number of unbranched alkanes of at least 4 members (excludes halogenated alkanes) is 1. The summed E-state index contributed by atoms with van der Waals surface area (Å²) in [6.07, 6.45) is 2.29. The van der Waals surface area contributed by atoms with Crippen LogP contribution in [0, 0.1) is 6.92 Å². The number of halogens is 1. The van der Waals surface area contributed by atoms with Crippen LogP contribution in [0.5, 0.6) is 0 Å². The fourth-order valence-corrected chi connectivity index (χ4v) is 2.94. The number of aliphatic imine (C=N–C) groups is 1. The van der Waals surface area contributed by atoms with E-state index in [4.69, 9.17) is 4.99 Å². The topological polar surface area (TPSA) is 52.6 Å². The lowest BCUT2D eigenvalue weighted by Gasteiger charge is -2.12. The van der Waals surface area contributed by atoms with Gasteiger partial charge in [-0.1, -0.05) is 43.2 Å². The van der Waals surface area contributed by atoms with Gasteiger partial charge in [-0.2, -0.15) is 0 Å². The van der Waals surface area contributed by atoms with Crippen LogP contribution in [0.2, 0.25) is 0 Å². The summed E-state index contributed by atoms with van der Waals surface area (Å²) in [4.78, 5) is 11.3. The molecule has 0 saturated carbocycles. The average Bonchev–Trinajstić information content (AvgIpc) is 3.08. The first-order valence-corrected chi connectivity index (χ1v) is 9.66. The molecule has 26 heavy (non-hydrogen) atoms. The van der Waals surface area contributed by atoms with E-state index in [1.807, 2.05) is 19.0 Å². The lowest BCUT2D eigenvalue weighted by Crippen LogP contribution is -2.37. The summed E-state index contributed by atoms with van der Waals surface area (Å²) in [5.41, 5.74) is 3.52. The highest BCUT2D eigenvalue weighted by Crippen LogP contribution is 2.17. The summed E-state index contributed by atoms with van der Waals surface area (Å²) in [6.45, 7) is 6.56. The minimum atomic E-state index is 0. The average molecular weight is 487 g/mol. The van der Waals surface area contributed by atoms with Crippen LogP contribution in [0.4, 0.5) is 5.13 Å². The standard InChI is InChI=1S/C19H29N5S.HI/c1-5-6-11-20-18(21-12-16-9-7-15(2)8-10-16)22-13-17-14-25-19(23-17)24(3)4;/h7-10,14H,5-6,11-13H2,1-4H3,(H2,20,21,22);1H. The van der Waals surface area contributed by atoms with E-state index in [-0.39, 0.29) is 24.0 Å². The minimum Gasteiger partial charge on any atom is -0.356 e. The number of thiazole rings is 1. The highest BCUT2D eigenvalue weighted by atomic mass is 127. The van der Waals surface area contributed by atoms with Crippen LogP contribution >= 0.6 is 35.3 Å². The highest BCUT2D eigenvalue weighted by Gasteiger charge is 2.05. The maximum Gasteiger partial charge on any atom is 0.191 e. The van der Waals surface area contributed by atoms with E-state index in [0.717, 1.165) is 36.2 Å². The molecule has 0 amide bonds. The van der Waals surface area contributed by atoms with Crippen molar-refractivity contribution in [1.29, 1.82) is 0 Å². The summed E-state index contributed by atoms with van der Waals surface area (Å²) >= 11 is 1.66. The molecule has 0 bridgehead atoms. The van der Waals surface area contributed by atoms with Gasteiger partial charge >= 0.3 is 0 Å². The Balaban J connectivity index is 0.00000338. The molecule has 1 aromatic carbocycles. The summed E-state index contributed by atoms with van der Waals surface area (Å²) < 4.78 is 0. The van der Waals surface area contributed by atoms with Crippen LogP contribution in [0.15, 0.2) is 34.6 Å². The van der Waals surface area contributed by atoms with E-state index in [1.54, 1.807) is 11.3 Å². The third-order valence-electron chi connectivity index (χ3n) is 3.72. The molecule has 2 rings (SSSR count). The second-order valence-electron chi connectivity index (χ2n) is 6.30. The lowest BCUT2D eigenvalue weighted by molar-refractivity contribution is 0.722. The van der Waals surface area contributed by atoms with Crippen LogP contribution in [0.25, 0.3) is 0 Å². The Morgan fingerprint density at radius 1 is 1.19 bits per heavy atom. The van der Waals surface area contributed by atoms with Crippen LogP contribution in [0.3, 0.4) is 0 Å². The molecule has 2 N–H and O–H groups in total. The molecule has 0 unspecified atom stereocenters. The number of benzene rings is 1. The quantitative estimate of drug-likeness (QED) is 0.254.